The second-order valence-electron chi connectivity index (χ2n) is 6.88. The summed E-state index contributed by atoms with van der Waals surface area (Å²) in [6, 6.07) is 12.6. The number of alkyl halides is 2. The number of carbonyl (C=O) groups is 1. The Hall–Kier alpha value is -3.01. The maximum Gasteiger partial charge on any atom is 0.291 e. The number of amides is 1. The van der Waals surface area contributed by atoms with E-state index in [2.05, 4.69) is 15.5 Å². The van der Waals surface area contributed by atoms with E-state index < -0.39 is 5.76 Å². The van der Waals surface area contributed by atoms with Crippen LogP contribution in [0.25, 0.3) is 11.4 Å². The molecule has 0 aliphatic carbocycles. The first-order chi connectivity index (χ1) is 15.4. The number of hydrogen-bond acceptors (Lipinski definition) is 5. The van der Waals surface area contributed by atoms with E-state index in [1.54, 1.807) is 43.3 Å². The molecule has 170 valence electrons. The first kappa shape index (κ1) is 23.6. The number of nitrogens with zero attached hydrogens (tertiary/aromatic N) is 3. The molecule has 0 aliphatic rings. The van der Waals surface area contributed by atoms with Gasteiger partial charge in [0.2, 0.25) is 5.91 Å². The molecule has 1 heterocycles. The summed E-state index contributed by atoms with van der Waals surface area (Å²) >= 11 is 0.280. The monoisotopic (exact) mass is 464 g/mol. The topological polar surface area (TPSA) is 69.0 Å². The molecule has 0 saturated heterocycles. The molecular formula is C22H23F3N4O2S. The van der Waals surface area contributed by atoms with E-state index in [1.807, 2.05) is 6.92 Å². The van der Waals surface area contributed by atoms with Crippen molar-refractivity contribution in [1.82, 2.24) is 20.1 Å². The molecule has 0 fully saturated rings. The fourth-order valence-corrected chi connectivity index (χ4v) is 3.65. The Morgan fingerprint density at radius 2 is 1.81 bits per heavy atom. The van der Waals surface area contributed by atoms with Crippen molar-refractivity contribution in [2.45, 2.75) is 43.8 Å². The van der Waals surface area contributed by atoms with Crippen LogP contribution in [0.5, 0.6) is 5.75 Å². The molecule has 32 heavy (non-hydrogen) atoms. The van der Waals surface area contributed by atoms with Crippen LogP contribution in [0, 0.1) is 5.82 Å². The Bertz CT molecular complexity index is 1030. The number of aromatic nitrogens is 3. The maximum atomic E-state index is 13.1. The summed E-state index contributed by atoms with van der Waals surface area (Å²) in [5.41, 5.74) is 1.43. The Morgan fingerprint density at radius 1 is 1.12 bits per heavy atom. The van der Waals surface area contributed by atoms with Gasteiger partial charge in [-0.15, -0.1) is 10.2 Å². The highest BCUT2D eigenvalue weighted by molar-refractivity contribution is 7.99. The van der Waals surface area contributed by atoms with Gasteiger partial charge in [-0.2, -0.15) is 8.78 Å². The number of hydrogen-bond donors (Lipinski definition) is 1. The van der Waals surface area contributed by atoms with Crippen molar-refractivity contribution in [2.75, 3.05) is 6.61 Å². The van der Waals surface area contributed by atoms with E-state index >= 15 is 0 Å². The molecule has 1 aromatic heterocycles. The van der Waals surface area contributed by atoms with Crippen LogP contribution in [-0.4, -0.2) is 33.0 Å². The van der Waals surface area contributed by atoms with E-state index in [0.29, 0.717) is 23.7 Å². The first-order valence-corrected chi connectivity index (χ1v) is 10.9. The third kappa shape index (κ3) is 6.25. The van der Waals surface area contributed by atoms with Gasteiger partial charge < -0.3 is 14.6 Å². The molecule has 3 rings (SSSR count). The SMILES string of the molecule is CCOc1ccc(-c2nnc(SC(F)F)n2CCC(=O)N[C@H](C)c2ccc(F)cc2)cc1. The summed E-state index contributed by atoms with van der Waals surface area (Å²) in [5.74, 6) is -2.24. The molecule has 1 N–H and O–H groups in total. The zero-order chi connectivity index (χ0) is 23.1. The van der Waals surface area contributed by atoms with Crippen LogP contribution >= 0.6 is 11.8 Å². The molecule has 1 atom stereocenters. The highest BCUT2D eigenvalue weighted by Crippen LogP contribution is 2.29. The largest absolute Gasteiger partial charge is 0.494 e. The van der Waals surface area contributed by atoms with Crippen molar-refractivity contribution in [1.29, 1.82) is 0 Å². The Morgan fingerprint density at radius 3 is 2.44 bits per heavy atom. The normalized spacial score (nSPS) is 12.1. The standard InChI is InChI=1S/C22H23F3N4O2S/c1-3-31-18-10-6-16(7-11-18)20-27-28-22(32-21(24)25)29(20)13-12-19(30)26-14(2)15-4-8-17(23)9-5-15/h4-11,14,21H,3,12-13H2,1-2H3,(H,26,30)/t14-/m1/s1. The second kappa shape index (κ2) is 11.0. The molecule has 0 saturated carbocycles. The van der Waals surface area contributed by atoms with Crippen molar-refractivity contribution in [3.05, 3.63) is 59.9 Å². The lowest BCUT2D eigenvalue weighted by atomic mass is 10.1. The summed E-state index contributed by atoms with van der Waals surface area (Å²) in [6.07, 6.45) is 0.0321. The minimum absolute atomic E-state index is 0.0308. The highest BCUT2D eigenvalue weighted by Gasteiger charge is 2.19. The van der Waals surface area contributed by atoms with E-state index in [-0.39, 0.29) is 47.7 Å². The van der Waals surface area contributed by atoms with Crippen molar-refractivity contribution in [3.8, 4) is 17.1 Å². The molecule has 2 aromatic carbocycles. The predicted molar refractivity (Wildman–Crippen MR) is 116 cm³/mol. The number of rotatable bonds is 10. The molecule has 3 aromatic rings. The average Bonchev–Trinajstić information content (AvgIpc) is 3.15. The zero-order valence-electron chi connectivity index (χ0n) is 17.6. The van der Waals surface area contributed by atoms with Gasteiger partial charge in [-0.25, -0.2) is 4.39 Å². The van der Waals surface area contributed by atoms with Gasteiger partial charge >= 0.3 is 0 Å². The van der Waals surface area contributed by atoms with E-state index in [9.17, 15) is 18.0 Å². The Kier molecular flexibility index (Phi) is 8.15. The molecule has 6 nitrogen and oxygen atoms in total. The van der Waals surface area contributed by atoms with Gasteiger partial charge in [0.1, 0.15) is 11.6 Å². The summed E-state index contributed by atoms with van der Waals surface area (Å²) in [7, 11) is 0. The van der Waals surface area contributed by atoms with E-state index in [1.165, 1.54) is 16.7 Å². The second-order valence-corrected chi connectivity index (χ2v) is 7.84. The lowest BCUT2D eigenvalue weighted by Crippen LogP contribution is -2.27. The van der Waals surface area contributed by atoms with Gasteiger partial charge in [0.15, 0.2) is 11.0 Å². The van der Waals surface area contributed by atoms with Crippen LogP contribution in [0.4, 0.5) is 13.2 Å². The quantitative estimate of drug-likeness (QED) is 0.425. The van der Waals surface area contributed by atoms with Gasteiger partial charge in [-0.05, 0) is 67.6 Å². The number of carbonyl (C=O) groups excluding carboxylic acids is 1. The number of benzene rings is 2. The predicted octanol–water partition coefficient (Wildman–Crippen LogP) is 5.07. The zero-order valence-corrected chi connectivity index (χ0v) is 18.4. The van der Waals surface area contributed by atoms with Crippen molar-refractivity contribution in [3.63, 3.8) is 0 Å². The van der Waals surface area contributed by atoms with E-state index in [4.69, 9.17) is 4.74 Å². The summed E-state index contributed by atoms with van der Waals surface area (Å²) in [5, 5.41) is 10.8. The van der Waals surface area contributed by atoms with Gasteiger partial charge in [0.25, 0.3) is 5.76 Å². The van der Waals surface area contributed by atoms with Gasteiger partial charge in [-0.3, -0.25) is 4.79 Å². The fourth-order valence-electron chi connectivity index (χ4n) is 3.10. The van der Waals surface area contributed by atoms with Gasteiger partial charge in [-0.1, -0.05) is 12.1 Å². The third-order valence-corrected chi connectivity index (χ3v) is 5.34. The molecule has 10 heteroatoms. The molecular weight excluding hydrogens is 441 g/mol. The third-order valence-electron chi connectivity index (χ3n) is 4.64. The molecule has 0 radical (unpaired) electrons. The maximum absolute atomic E-state index is 13.1. The number of ether oxygens (including phenoxy) is 1. The van der Waals surface area contributed by atoms with E-state index in [0.717, 1.165) is 5.56 Å². The number of thioether (sulfide) groups is 1. The number of halogens is 3. The fraction of sp³-hybridized carbons (Fsp3) is 0.318. The van der Waals surface area contributed by atoms with Gasteiger partial charge in [0, 0.05) is 18.5 Å². The van der Waals surface area contributed by atoms with Crippen LogP contribution in [0.1, 0.15) is 31.9 Å². The van der Waals surface area contributed by atoms with Crippen LogP contribution in [0.2, 0.25) is 0 Å². The van der Waals surface area contributed by atoms with Crippen molar-refractivity contribution < 1.29 is 22.7 Å². The lowest BCUT2D eigenvalue weighted by Gasteiger charge is -2.15. The average molecular weight is 465 g/mol. The summed E-state index contributed by atoms with van der Waals surface area (Å²) in [6.45, 7) is 4.30. The van der Waals surface area contributed by atoms with Crippen molar-refractivity contribution >= 4 is 17.7 Å². The minimum Gasteiger partial charge on any atom is -0.494 e. The molecule has 1 amide bonds. The van der Waals surface area contributed by atoms with Crippen LogP contribution < -0.4 is 10.1 Å². The van der Waals surface area contributed by atoms with Crippen LogP contribution in [-0.2, 0) is 11.3 Å². The molecule has 0 aliphatic heterocycles. The Balaban J connectivity index is 1.72. The molecule has 0 unspecified atom stereocenters. The Labute approximate surface area is 188 Å². The lowest BCUT2D eigenvalue weighted by molar-refractivity contribution is -0.122. The molecule has 0 spiro atoms. The summed E-state index contributed by atoms with van der Waals surface area (Å²) < 4.78 is 46.0. The van der Waals surface area contributed by atoms with Crippen LogP contribution in [0.3, 0.4) is 0 Å². The smallest absolute Gasteiger partial charge is 0.291 e. The van der Waals surface area contributed by atoms with Crippen molar-refractivity contribution in [2.24, 2.45) is 0 Å². The van der Waals surface area contributed by atoms with Crippen LogP contribution in [0.15, 0.2) is 53.7 Å². The summed E-state index contributed by atoms with van der Waals surface area (Å²) in [4.78, 5) is 12.5. The first-order valence-electron chi connectivity index (χ1n) is 10.0. The molecule has 0 bridgehead atoms. The van der Waals surface area contributed by atoms with Gasteiger partial charge in [0.05, 0.1) is 12.6 Å². The highest BCUT2D eigenvalue weighted by atomic mass is 32.2. The minimum atomic E-state index is -2.67. The number of nitrogens with one attached hydrogen (secondary N) is 1.